The van der Waals surface area contributed by atoms with Crippen LogP contribution in [0.1, 0.15) is 13.8 Å². The van der Waals surface area contributed by atoms with Crippen LogP contribution in [0.5, 0.6) is 0 Å². The van der Waals surface area contributed by atoms with Crippen molar-refractivity contribution in [2.75, 3.05) is 26.3 Å². The lowest BCUT2D eigenvalue weighted by Gasteiger charge is -2.36. The van der Waals surface area contributed by atoms with Gasteiger partial charge >= 0.3 is 0 Å². The van der Waals surface area contributed by atoms with Crippen LogP contribution >= 0.6 is 0 Å². The number of aliphatic hydroxyl groups is 1. The van der Waals surface area contributed by atoms with Gasteiger partial charge in [-0.15, -0.1) is 0 Å². The van der Waals surface area contributed by atoms with E-state index >= 15 is 0 Å². The molecule has 1 saturated heterocycles. The number of rotatable bonds is 1. The minimum Gasteiger partial charge on any atom is -0.379 e. The van der Waals surface area contributed by atoms with E-state index in [1.807, 2.05) is 4.90 Å². The Bertz CT molecular complexity index is 103. The number of ether oxygens (including phenoxy) is 1. The second-order valence-electron chi connectivity index (χ2n) is 3.09. The predicted octanol–water partition coefficient (Wildman–Crippen LogP) is 0.0470. The summed E-state index contributed by atoms with van der Waals surface area (Å²) in [7, 11) is 0. The van der Waals surface area contributed by atoms with Crippen LogP contribution in [-0.2, 0) is 4.74 Å². The Morgan fingerprint density at radius 3 is 2.10 bits per heavy atom. The molecule has 0 aromatic rings. The Kier molecular flexibility index (Phi) is 2.28. The van der Waals surface area contributed by atoms with Crippen molar-refractivity contribution in [1.82, 2.24) is 4.90 Å². The second-order valence-corrected chi connectivity index (χ2v) is 3.09. The first-order valence-corrected chi connectivity index (χ1v) is 3.66. The van der Waals surface area contributed by atoms with Gasteiger partial charge in [0.25, 0.3) is 0 Å². The predicted molar refractivity (Wildman–Crippen MR) is 38.7 cm³/mol. The van der Waals surface area contributed by atoms with Crippen LogP contribution in [0.2, 0.25) is 0 Å². The molecule has 1 heterocycles. The molecule has 0 unspecified atom stereocenters. The molecule has 0 spiro atoms. The summed E-state index contributed by atoms with van der Waals surface area (Å²) >= 11 is 0. The van der Waals surface area contributed by atoms with Gasteiger partial charge in [0.15, 0.2) is 0 Å². The van der Waals surface area contributed by atoms with Gasteiger partial charge < -0.3 is 9.84 Å². The third-order valence-electron chi connectivity index (χ3n) is 1.78. The van der Waals surface area contributed by atoms with Crippen LogP contribution in [0.3, 0.4) is 0 Å². The minimum absolute atomic E-state index is 0.677. The van der Waals surface area contributed by atoms with E-state index in [2.05, 4.69) is 0 Å². The third-order valence-corrected chi connectivity index (χ3v) is 1.78. The highest BCUT2D eigenvalue weighted by Gasteiger charge is 2.24. The summed E-state index contributed by atoms with van der Waals surface area (Å²) in [6, 6.07) is 0. The van der Waals surface area contributed by atoms with E-state index in [0.29, 0.717) is 0 Å². The molecular weight excluding hydrogens is 130 g/mol. The highest BCUT2D eigenvalue weighted by molar-refractivity contribution is 4.71. The molecular formula is C7H15NO2. The van der Waals surface area contributed by atoms with E-state index in [9.17, 15) is 5.11 Å². The van der Waals surface area contributed by atoms with E-state index in [0.717, 1.165) is 26.3 Å². The Labute approximate surface area is 61.6 Å². The van der Waals surface area contributed by atoms with Crippen molar-refractivity contribution in [3.8, 4) is 0 Å². The van der Waals surface area contributed by atoms with Crippen molar-refractivity contribution < 1.29 is 9.84 Å². The van der Waals surface area contributed by atoms with E-state index in [1.165, 1.54) is 0 Å². The molecule has 60 valence electrons. The van der Waals surface area contributed by atoms with Crippen LogP contribution in [0, 0.1) is 0 Å². The average Bonchev–Trinajstić information content (AvgIpc) is 1.88. The molecule has 0 aromatic heterocycles. The second kappa shape index (κ2) is 2.86. The standard InChI is InChI=1S/C7H15NO2/c1-7(2,9)8-3-5-10-6-4-8/h9H,3-6H2,1-2H3. The molecule has 1 aliphatic rings. The van der Waals surface area contributed by atoms with Crippen LogP contribution < -0.4 is 0 Å². The van der Waals surface area contributed by atoms with Gasteiger partial charge in [-0.05, 0) is 13.8 Å². The van der Waals surface area contributed by atoms with Gasteiger partial charge in [0.1, 0.15) is 5.72 Å². The maximum atomic E-state index is 9.51. The Hall–Kier alpha value is -0.120. The van der Waals surface area contributed by atoms with Crippen LogP contribution in [0.25, 0.3) is 0 Å². The van der Waals surface area contributed by atoms with Gasteiger partial charge in [-0.25, -0.2) is 0 Å². The maximum absolute atomic E-state index is 9.51. The maximum Gasteiger partial charge on any atom is 0.112 e. The molecule has 0 aromatic carbocycles. The first-order valence-electron chi connectivity index (χ1n) is 3.66. The Balaban J connectivity index is 2.39. The monoisotopic (exact) mass is 145 g/mol. The van der Waals surface area contributed by atoms with E-state index in [4.69, 9.17) is 4.74 Å². The first-order chi connectivity index (χ1) is 4.61. The third kappa shape index (κ3) is 1.94. The molecule has 10 heavy (non-hydrogen) atoms. The molecule has 0 aliphatic carbocycles. The van der Waals surface area contributed by atoms with E-state index < -0.39 is 5.72 Å². The zero-order chi connectivity index (χ0) is 7.61. The molecule has 3 nitrogen and oxygen atoms in total. The fourth-order valence-corrected chi connectivity index (χ4v) is 1.11. The Morgan fingerprint density at radius 2 is 1.80 bits per heavy atom. The molecule has 0 radical (unpaired) electrons. The van der Waals surface area contributed by atoms with Crippen LogP contribution in [-0.4, -0.2) is 42.0 Å². The van der Waals surface area contributed by atoms with Crippen molar-refractivity contribution >= 4 is 0 Å². The molecule has 0 saturated carbocycles. The zero-order valence-electron chi connectivity index (χ0n) is 6.63. The number of hydrogen-bond donors (Lipinski definition) is 1. The molecule has 0 bridgehead atoms. The minimum atomic E-state index is -0.677. The molecule has 1 N–H and O–H groups in total. The van der Waals surface area contributed by atoms with Crippen molar-refractivity contribution in [2.24, 2.45) is 0 Å². The van der Waals surface area contributed by atoms with Gasteiger partial charge in [0.2, 0.25) is 0 Å². The van der Waals surface area contributed by atoms with Crippen molar-refractivity contribution in [2.45, 2.75) is 19.6 Å². The lowest BCUT2D eigenvalue weighted by molar-refractivity contribution is -0.116. The van der Waals surface area contributed by atoms with Crippen LogP contribution in [0.4, 0.5) is 0 Å². The summed E-state index contributed by atoms with van der Waals surface area (Å²) in [5.41, 5.74) is -0.677. The number of nitrogens with zero attached hydrogens (tertiary/aromatic N) is 1. The van der Waals surface area contributed by atoms with Crippen LogP contribution in [0.15, 0.2) is 0 Å². The molecule has 0 amide bonds. The average molecular weight is 145 g/mol. The summed E-state index contributed by atoms with van der Waals surface area (Å²) in [5.74, 6) is 0. The molecule has 3 heteroatoms. The number of hydrogen-bond acceptors (Lipinski definition) is 3. The zero-order valence-corrected chi connectivity index (χ0v) is 6.63. The fraction of sp³-hybridized carbons (Fsp3) is 1.00. The Morgan fingerprint density at radius 1 is 1.30 bits per heavy atom. The summed E-state index contributed by atoms with van der Waals surface area (Å²) in [6.45, 7) is 6.76. The van der Waals surface area contributed by atoms with Gasteiger partial charge in [0.05, 0.1) is 13.2 Å². The van der Waals surface area contributed by atoms with Crippen molar-refractivity contribution in [1.29, 1.82) is 0 Å². The largest absolute Gasteiger partial charge is 0.379 e. The highest BCUT2D eigenvalue weighted by atomic mass is 16.5. The van der Waals surface area contributed by atoms with Crippen molar-refractivity contribution in [3.05, 3.63) is 0 Å². The summed E-state index contributed by atoms with van der Waals surface area (Å²) in [4.78, 5) is 2.01. The van der Waals surface area contributed by atoms with Gasteiger partial charge in [-0.3, -0.25) is 4.90 Å². The van der Waals surface area contributed by atoms with Gasteiger partial charge in [0, 0.05) is 13.1 Å². The fourth-order valence-electron chi connectivity index (χ4n) is 1.11. The van der Waals surface area contributed by atoms with Gasteiger partial charge in [-0.1, -0.05) is 0 Å². The van der Waals surface area contributed by atoms with Crippen molar-refractivity contribution in [3.63, 3.8) is 0 Å². The summed E-state index contributed by atoms with van der Waals surface area (Å²) in [5, 5.41) is 9.51. The first kappa shape index (κ1) is 7.98. The van der Waals surface area contributed by atoms with E-state index in [1.54, 1.807) is 13.8 Å². The highest BCUT2D eigenvalue weighted by Crippen LogP contribution is 2.11. The topological polar surface area (TPSA) is 32.7 Å². The summed E-state index contributed by atoms with van der Waals surface area (Å²) in [6.07, 6.45) is 0. The summed E-state index contributed by atoms with van der Waals surface area (Å²) < 4.78 is 5.14. The smallest absolute Gasteiger partial charge is 0.112 e. The lowest BCUT2D eigenvalue weighted by Crippen LogP contribution is -2.49. The molecule has 1 rings (SSSR count). The SMILES string of the molecule is CC(C)(O)N1CCOCC1. The molecule has 1 aliphatic heterocycles. The lowest BCUT2D eigenvalue weighted by atomic mass is 10.2. The van der Waals surface area contributed by atoms with Gasteiger partial charge in [-0.2, -0.15) is 0 Å². The van der Waals surface area contributed by atoms with E-state index in [-0.39, 0.29) is 0 Å². The molecule has 1 fully saturated rings. The molecule has 0 atom stereocenters. The normalized spacial score (nSPS) is 23.1. The number of morpholine rings is 1. The quantitative estimate of drug-likeness (QED) is 0.566.